The van der Waals surface area contributed by atoms with E-state index in [1.54, 1.807) is 6.07 Å². The molecule has 0 saturated carbocycles. The highest BCUT2D eigenvalue weighted by Gasteiger charge is 2.08. The number of rotatable bonds is 2. The topological polar surface area (TPSA) is 41.1 Å². The van der Waals surface area contributed by atoms with E-state index in [4.69, 9.17) is 11.6 Å². The summed E-state index contributed by atoms with van der Waals surface area (Å²) in [6.07, 6.45) is 0. The van der Waals surface area contributed by atoms with Gasteiger partial charge in [-0.15, -0.1) is 0 Å². The van der Waals surface area contributed by atoms with Crippen molar-refractivity contribution in [2.45, 2.75) is 13.8 Å². The minimum absolute atomic E-state index is 0.311. The SMILES string of the molecule is Cc1ccc(NC(=O)Nc2cc(Cl)c(C)cc2Br)cc1. The van der Waals surface area contributed by atoms with Gasteiger partial charge in [-0.2, -0.15) is 0 Å². The fourth-order valence-corrected chi connectivity index (χ4v) is 2.38. The number of hydrogen-bond donors (Lipinski definition) is 2. The van der Waals surface area contributed by atoms with E-state index in [-0.39, 0.29) is 6.03 Å². The van der Waals surface area contributed by atoms with Crippen molar-refractivity contribution < 1.29 is 4.79 Å². The maximum Gasteiger partial charge on any atom is 0.323 e. The van der Waals surface area contributed by atoms with E-state index in [0.29, 0.717) is 10.7 Å². The minimum Gasteiger partial charge on any atom is -0.308 e. The van der Waals surface area contributed by atoms with Gasteiger partial charge in [0.05, 0.1) is 5.69 Å². The van der Waals surface area contributed by atoms with E-state index in [0.717, 1.165) is 21.3 Å². The van der Waals surface area contributed by atoms with E-state index in [9.17, 15) is 4.79 Å². The number of halogens is 2. The molecule has 0 radical (unpaired) electrons. The molecule has 0 aliphatic carbocycles. The van der Waals surface area contributed by atoms with Crippen molar-refractivity contribution in [3.8, 4) is 0 Å². The van der Waals surface area contributed by atoms with Gasteiger partial charge in [-0.1, -0.05) is 29.3 Å². The third-order valence-corrected chi connectivity index (χ3v) is 3.87. The molecule has 0 saturated heterocycles. The van der Waals surface area contributed by atoms with Crippen LogP contribution < -0.4 is 10.6 Å². The van der Waals surface area contributed by atoms with Crippen molar-refractivity contribution in [3.05, 3.63) is 57.0 Å². The third-order valence-electron chi connectivity index (χ3n) is 2.81. The number of benzene rings is 2. The smallest absolute Gasteiger partial charge is 0.308 e. The van der Waals surface area contributed by atoms with Gasteiger partial charge in [0.15, 0.2) is 0 Å². The van der Waals surface area contributed by atoms with Crippen molar-refractivity contribution >= 4 is 44.9 Å². The Hall–Kier alpha value is -1.52. The van der Waals surface area contributed by atoms with Crippen LogP contribution in [0.5, 0.6) is 0 Å². The maximum absolute atomic E-state index is 11.9. The van der Waals surface area contributed by atoms with Gasteiger partial charge < -0.3 is 10.6 Å². The lowest BCUT2D eigenvalue weighted by Crippen LogP contribution is -2.19. The van der Waals surface area contributed by atoms with E-state index in [1.807, 2.05) is 44.2 Å². The minimum atomic E-state index is -0.311. The quantitative estimate of drug-likeness (QED) is 0.749. The largest absolute Gasteiger partial charge is 0.323 e. The molecule has 104 valence electrons. The van der Waals surface area contributed by atoms with Crippen LogP contribution in [0.2, 0.25) is 5.02 Å². The summed E-state index contributed by atoms with van der Waals surface area (Å²) in [5, 5.41) is 6.13. The van der Waals surface area contributed by atoms with Crippen molar-refractivity contribution in [2.24, 2.45) is 0 Å². The molecule has 2 aromatic carbocycles. The Balaban J connectivity index is 2.08. The molecule has 5 heteroatoms. The molecule has 0 aromatic heterocycles. The molecule has 0 spiro atoms. The number of carbonyl (C=O) groups excluding carboxylic acids is 1. The summed E-state index contributed by atoms with van der Waals surface area (Å²) >= 11 is 9.46. The summed E-state index contributed by atoms with van der Waals surface area (Å²) in [5.41, 5.74) is 3.46. The zero-order chi connectivity index (χ0) is 14.7. The van der Waals surface area contributed by atoms with Crippen LogP contribution >= 0.6 is 27.5 Å². The van der Waals surface area contributed by atoms with Gasteiger partial charge in [-0.25, -0.2) is 4.79 Å². The lowest BCUT2D eigenvalue weighted by atomic mass is 10.2. The van der Waals surface area contributed by atoms with Gasteiger partial charge in [0.25, 0.3) is 0 Å². The van der Waals surface area contributed by atoms with Crippen LogP contribution in [0.3, 0.4) is 0 Å². The molecule has 2 rings (SSSR count). The van der Waals surface area contributed by atoms with Crippen LogP contribution in [0.15, 0.2) is 40.9 Å². The first kappa shape index (κ1) is 14.9. The second-order valence-corrected chi connectivity index (χ2v) is 5.79. The fraction of sp³-hybridized carbons (Fsp3) is 0.133. The molecule has 0 aliphatic rings. The second-order valence-electron chi connectivity index (χ2n) is 4.53. The predicted molar refractivity (Wildman–Crippen MR) is 87.7 cm³/mol. The lowest BCUT2D eigenvalue weighted by molar-refractivity contribution is 0.262. The van der Waals surface area contributed by atoms with Crippen molar-refractivity contribution in [1.29, 1.82) is 0 Å². The van der Waals surface area contributed by atoms with Gasteiger partial charge >= 0.3 is 6.03 Å². The molecule has 0 bridgehead atoms. The summed E-state index contributed by atoms with van der Waals surface area (Å²) < 4.78 is 0.790. The standard InChI is InChI=1S/C15H14BrClN2O/c1-9-3-5-11(6-4-9)18-15(20)19-14-8-13(17)10(2)7-12(14)16/h3-8H,1-2H3,(H2,18,19,20). The van der Waals surface area contributed by atoms with Crippen LogP contribution in [0.25, 0.3) is 0 Å². The van der Waals surface area contributed by atoms with Crippen molar-refractivity contribution in [3.63, 3.8) is 0 Å². The number of anilines is 2. The number of carbonyl (C=O) groups is 1. The highest BCUT2D eigenvalue weighted by molar-refractivity contribution is 9.10. The van der Waals surface area contributed by atoms with Gasteiger partial charge in [-0.05, 0) is 59.6 Å². The van der Waals surface area contributed by atoms with E-state index < -0.39 is 0 Å². The first-order valence-electron chi connectivity index (χ1n) is 6.06. The summed E-state index contributed by atoms with van der Waals surface area (Å²) in [4.78, 5) is 11.9. The molecule has 2 N–H and O–H groups in total. The maximum atomic E-state index is 11.9. The Kier molecular flexibility index (Phi) is 4.68. The second kappa shape index (κ2) is 6.29. The van der Waals surface area contributed by atoms with Gasteiger partial charge in [0.2, 0.25) is 0 Å². The molecule has 0 atom stereocenters. The molecule has 2 amide bonds. The molecular weight excluding hydrogens is 340 g/mol. The average Bonchev–Trinajstić information content (AvgIpc) is 2.39. The molecular formula is C15H14BrClN2O. The highest BCUT2D eigenvalue weighted by atomic mass is 79.9. The number of nitrogens with one attached hydrogen (secondary N) is 2. The predicted octanol–water partition coefficient (Wildman–Crippen LogP) is 5.36. The number of amides is 2. The molecule has 0 heterocycles. The van der Waals surface area contributed by atoms with Gasteiger partial charge in [0.1, 0.15) is 0 Å². The molecule has 0 unspecified atom stereocenters. The third kappa shape index (κ3) is 3.74. The summed E-state index contributed by atoms with van der Waals surface area (Å²) in [6, 6.07) is 10.9. The first-order chi connectivity index (χ1) is 9.45. The Bertz CT molecular complexity index is 641. The Morgan fingerprint density at radius 3 is 2.40 bits per heavy atom. The van der Waals surface area contributed by atoms with Crippen molar-refractivity contribution in [2.75, 3.05) is 10.6 Å². The monoisotopic (exact) mass is 352 g/mol. The zero-order valence-corrected chi connectivity index (χ0v) is 13.5. The average molecular weight is 354 g/mol. The van der Waals surface area contributed by atoms with Crippen molar-refractivity contribution in [1.82, 2.24) is 0 Å². The summed E-state index contributed by atoms with van der Waals surface area (Å²) in [7, 11) is 0. The molecule has 0 fully saturated rings. The highest BCUT2D eigenvalue weighted by Crippen LogP contribution is 2.29. The summed E-state index contributed by atoms with van der Waals surface area (Å²) in [5.74, 6) is 0. The lowest BCUT2D eigenvalue weighted by Gasteiger charge is -2.11. The van der Waals surface area contributed by atoms with Crippen LogP contribution in [0.4, 0.5) is 16.2 Å². The normalized spacial score (nSPS) is 10.2. The molecule has 2 aromatic rings. The first-order valence-corrected chi connectivity index (χ1v) is 7.23. The van der Waals surface area contributed by atoms with Crippen LogP contribution in [0.1, 0.15) is 11.1 Å². The summed E-state index contributed by atoms with van der Waals surface area (Å²) in [6.45, 7) is 3.90. The fourth-order valence-electron chi connectivity index (χ4n) is 1.66. The number of hydrogen-bond acceptors (Lipinski definition) is 1. The molecule has 0 aliphatic heterocycles. The Morgan fingerprint density at radius 1 is 1.10 bits per heavy atom. The van der Waals surface area contributed by atoms with E-state index in [1.165, 1.54) is 0 Å². The Morgan fingerprint density at radius 2 is 1.75 bits per heavy atom. The van der Waals surface area contributed by atoms with Gasteiger partial charge in [-0.3, -0.25) is 0 Å². The number of aryl methyl sites for hydroxylation is 2. The van der Waals surface area contributed by atoms with Crippen LogP contribution in [-0.4, -0.2) is 6.03 Å². The van der Waals surface area contributed by atoms with Gasteiger partial charge in [0, 0.05) is 15.2 Å². The molecule has 20 heavy (non-hydrogen) atoms. The van der Waals surface area contributed by atoms with Crippen LogP contribution in [0, 0.1) is 13.8 Å². The zero-order valence-electron chi connectivity index (χ0n) is 11.1. The Labute approximate surface area is 131 Å². The van der Waals surface area contributed by atoms with Crippen LogP contribution in [-0.2, 0) is 0 Å². The number of urea groups is 1. The van der Waals surface area contributed by atoms with E-state index in [2.05, 4.69) is 26.6 Å². The van der Waals surface area contributed by atoms with E-state index >= 15 is 0 Å². The molecule has 3 nitrogen and oxygen atoms in total.